The molecule has 1 aromatic heterocycles. The summed E-state index contributed by atoms with van der Waals surface area (Å²) in [5.41, 5.74) is 2.10. The van der Waals surface area contributed by atoms with Gasteiger partial charge in [0, 0.05) is 19.8 Å². The van der Waals surface area contributed by atoms with Crippen molar-refractivity contribution in [3.05, 3.63) is 59.7 Å². The molecule has 0 radical (unpaired) electrons. The van der Waals surface area contributed by atoms with Crippen LogP contribution in [0.2, 0.25) is 0 Å². The number of benzene rings is 2. The fraction of sp³-hybridized carbons (Fsp3) is 0.182. The number of carbonyl (C=O) groups is 1. The van der Waals surface area contributed by atoms with Crippen LogP contribution in [0.15, 0.2) is 53.5 Å². The van der Waals surface area contributed by atoms with Crippen LogP contribution in [0.3, 0.4) is 0 Å². The molecule has 1 amide bonds. The number of hydrogen-bond acceptors (Lipinski definition) is 6. The van der Waals surface area contributed by atoms with Crippen LogP contribution in [0.1, 0.15) is 29.3 Å². The third kappa shape index (κ3) is 3.80. The molecule has 156 valence electrons. The van der Waals surface area contributed by atoms with Crippen LogP contribution >= 0.6 is 0 Å². The minimum Gasteiger partial charge on any atom is -0.505 e. The van der Waals surface area contributed by atoms with Crippen molar-refractivity contribution < 1.29 is 20.1 Å². The van der Waals surface area contributed by atoms with Crippen molar-refractivity contribution in [2.45, 2.75) is 13.3 Å². The second-order valence-corrected chi connectivity index (χ2v) is 6.61. The van der Waals surface area contributed by atoms with Gasteiger partial charge in [-0.1, -0.05) is 43.3 Å². The lowest BCUT2D eigenvalue weighted by Gasteiger charge is -2.12. The minimum atomic E-state index is -0.452. The molecule has 2 aromatic carbocycles. The lowest BCUT2D eigenvalue weighted by Crippen LogP contribution is -2.18. The highest BCUT2D eigenvalue weighted by atomic mass is 16.3. The van der Waals surface area contributed by atoms with E-state index in [0.29, 0.717) is 12.1 Å². The number of amides is 1. The van der Waals surface area contributed by atoms with Gasteiger partial charge in [0.1, 0.15) is 5.69 Å². The van der Waals surface area contributed by atoms with Crippen LogP contribution in [-0.4, -0.2) is 38.6 Å². The fourth-order valence-corrected chi connectivity index (χ4v) is 3.08. The van der Waals surface area contributed by atoms with E-state index in [1.165, 1.54) is 24.7 Å². The van der Waals surface area contributed by atoms with Gasteiger partial charge < -0.3 is 26.0 Å². The number of aromatic nitrogens is 1. The van der Waals surface area contributed by atoms with Crippen molar-refractivity contribution in [3.63, 3.8) is 0 Å². The van der Waals surface area contributed by atoms with Crippen molar-refractivity contribution in [1.29, 1.82) is 0 Å². The van der Waals surface area contributed by atoms with Crippen LogP contribution in [0, 0.1) is 0 Å². The number of rotatable bonds is 6. The first-order valence-electron chi connectivity index (χ1n) is 9.43. The zero-order valence-corrected chi connectivity index (χ0v) is 17.0. The van der Waals surface area contributed by atoms with E-state index in [1.807, 2.05) is 37.3 Å². The number of aliphatic imine (C=N–C) groups is 1. The standard InChI is InChI=1S/C22H24N4O4/c1-4-15(13-9-6-5-7-10-13)24-17-18(22(30)26(3)21(17)29)25-16-12-8-11-14(19(16)27)20(28)23-2/h5-12,25,27,29-30H,4H2,1-3H3,(H,23,28). The molecule has 5 N–H and O–H groups in total. The van der Waals surface area contributed by atoms with Gasteiger partial charge in [-0.15, -0.1) is 0 Å². The predicted octanol–water partition coefficient (Wildman–Crippen LogP) is 3.78. The molecule has 3 aromatic rings. The number of para-hydroxylation sites is 1. The number of hydrogen-bond donors (Lipinski definition) is 5. The molecular weight excluding hydrogens is 384 g/mol. The van der Waals surface area contributed by atoms with Gasteiger partial charge in [0.25, 0.3) is 5.91 Å². The highest BCUT2D eigenvalue weighted by molar-refractivity contribution is 6.04. The van der Waals surface area contributed by atoms with Crippen LogP contribution < -0.4 is 10.6 Å². The zero-order chi connectivity index (χ0) is 21.8. The zero-order valence-electron chi connectivity index (χ0n) is 17.0. The quantitative estimate of drug-likeness (QED) is 0.314. The van der Waals surface area contributed by atoms with E-state index in [9.17, 15) is 20.1 Å². The van der Waals surface area contributed by atoms with E-state index in [-0.39, 0.29) is 40.1 Å². The topological polar surface area (TPSA) is 119 Å². The molecule has 8 nitrogen and oxygen atoms in total. The largest absolute Gasteiger partial charge is 0.505 e. The van der Waals surface area contributed by atoms with E-state index in [4.69, 9.17) is 0 Å². The van der Waals surface area contributed by atoms with Gasteiger partial charge in [0.15, 0.2) is 11.4 Å². The number of nitrogens with one attached hydrogen (secondary N) is 2. The number of aromatic hydroxyl groups is 3. The average molecular weight is 408 g/mol. The van der Waals surface area contributed by atoms with Gasteiger partial charge in [0.2, 0.25) is 11.8 Å². The van der Waals surface area contributed by atoms with Gasteiger partial charge in [-0.3, -0.25) is 9.36 Å². The highest BCUT2D eigenvalue weighted by Crippen LogP contribution is 2.47. The molecule has 8 heteroatoms. The molecule has 0 saturated heterocycles. The number of anilines is 2. The summed E-state index contributed by atoms with van der Waals surface area (Å²) < 4.78 is 1.18. The summed E-state index contributed by atoms with van der Waals surface area (Å²) in [5, 5.41) is 37.0. The van der Waals surface area contributed by atoms with Gasteiger partial charge in [-0.05, 0) is 24.1 Å². The molecule has 0 atom stereocenters. The second kappa shape index (κ2) is 8.60. The molecule has 3 rings (SSSR count). The summed E-state index contributed by atoms with van der Waals surface area (Å²) in [5.74, 6) is -1.24. The first kappa shape index (κ1) is 20.8. The Morgan fingerprint density at radius 1 is 1.03 bits per heavy atom. The Labute approximate surface area is 174 Å². The van der Waals surface area contributed by atoms with Crippen LogP contribution in [0.25, 0.3) is 0 Å². The van der Waals surface area contributed by atoms with E-state index in [0.717, 1.165) is 5.56 Å². The van der Waals surface area contributed by atoms with Gasteiger partial charge in [-0.25, -0.2) is 4.99 Å². The van der Waals surface area contributed by atoms with E-state index >= 15 is 0 Å². The number of phenolic OH excluding ortho intramolecular Hbond substituents is 1. The van der Waals surface area contributed by atoms with Crippen molar-refractivity contribution >= 4 is 28.7 Å². The molecule has 0 fully saturated rings. The molecule has 0 unspecified atom stereocenters. The number of phenols is 1. The summed E-state index contributed by atoms with van der Waals surface area (Å²) in [4.78, 5) is 16.5. The molecule has 0 aliphatic carbocycles. The van der Waals surface area contributed by atoms with E-state index < -0.39 is 5.91 Å². The van der Waals surface area contributed by atoms with Crippen molar-refractivity contribution in [3.8, 4) is 17.5 Å². The third-order valence-corrected chi connectivity index (χ3v) is 4.76. The molecule has 1 heterocycles. The smallest absolute Gasteiger partial charge is 0.254 e. The molecular formula is C22H24N4O4. The lowest BCUT2D eigenvalue weighted by atomic mass is 10.1. The first-order chi connectivity index (χ1) is 14.4. The fourth-order valence-electron chi connectivity index (χ4n) is 3.08. The normalized spacial score (nSPS) is 11.4. The molecule has 0 spiro atoms. The summed E-state index contributed by atoms with van der Waals surface area (Å²) in [6.07, 6.45) is 0.593. The Kier molecular flexibility index (Phi) is 5.96. The van der Waals surface area contributed by atoms with Crippen LogP contribution in [0.5, 0.6) is 17.5 Å². The number of nitrogens with zero attached hydrogens (tertiary/aromatic N) is 2. The predicted molar refractivity (Wildman–Crippen MR) is 116 cm³/mol. The number of carbonyl (C=O) groups excluding carboxylic acids is 1. The van der Waals surface area contributed by atoms with Crippen molar-refractivity contribution in [2.24, 2.45) is 12.0 Å². The maximum atomic E-state index is 12.0. The minimum absolute atomic E-state index is 0.0747. The highest BCUT2D eigenvalue weighted by Gasteiger charge is 2.23. The molecule has 0 aliphatic rings. The van der Waals surface area contributed by atoms with E-state index in [2.05, 4.69) is 15.6 Å². The van der Waals surface area contributed by atoms with Gasteiger partial charge in [0.05, 0.1) is 11.3 Å². The van der Waals surface area contributed by atoms with Gasteiger partial charge in [-0.2, -0.15) is 0 Å². The maximum absolute atomic E-state index is 12.0. The summed E-state index contributed by atoms with van der Waals surface area (Å²) >= 11 is 0. The summed E-state index contributed by atoms with van der Waals surface area (Å²) in [6.45, 7) is 1.94. The Bertz CT molecular complexity index is 1100. The Balaban J connectivity index is 2.11. The van der Waals surface area contributed by atoms with Crippen molar-refractivity contribution in [2.75, 3.05) is 12.4 Å². The van der Waals surface area contributed by atoms with E-state index in [1.54, 1.807) is 12.1 Å². The molecule has 0 saturated carbocycles. The van der Waals surface area contributed by atoms with Crippen LogP contribution in [0.4, 0.5) is 17.1 Å². The summed E-state index contributed by atoms with van der Waals surface area (Å²) in [6, 6.07) is 14.1. The van der Waals surface area contributed by atoms with Crippen LogP contribution in [-0.2, 0) is 7.05 Å². The lowest BCUT2D eigenvalue weighted by molar-refractivity contribution is 0.0960. The molecule has 30 heavy (non-hydrogen) atoms. The molecule has 0 bridgehead atoms. The monoisotopic (exact) mass is 408 g/mol. The third-order valence-electron chi connectivity index (χ3n) is 4.76. The maximum Gasteiger partial charge on any atom is 0.254 e. The Morgan fingerprint density at radius 2 is 1.73 bits per heavy atom. The Hall–Kier alpha value is -3.94. The SMILES string of the molecule is CCC(=Nc1c(Nc2cccc(C(=O)NC)c2O)c(O)n(C)c1O)c1ccccc1. The molecule has 0 aliphatic heterocycles. The van der Waals surface area contributed by atoms with Crippen molar-refractivity contribution in [1.82, 2.24) is 9.88 Å². The Morgan fingerprint density at radius 3 is 2.37 bits per heavy atom. The van der Waals surface area contributed by atoms with Gasteiger partial charge >= 0.3 is 0 Å². The summed E-state index contributed by atoms with van der Waals surface area (Å²) in [7, 11) is 2.95. The first-order valence-corrected chi connectivity index (χ1v) is 9.43. The average Bonchev–Trinajstić information content (AvgIpc) is 2.96. The second-order valence-electron chi connectivity index (χ2n) is 6.61.